The van der Waals surface area contributed by atoms with Crippen LogP contribution in [0.3, 0.4) is 0 Å². The predicted octanol–water partition coefficient (Wildman–Crippen LogP) is 2.25. The minimum Gasteiger partial charge on any atom is -0.312 e. The van der Waals surface area contributed by atoms with Crippen LogP contribution in [0.1, 0.15) is 19.8 Å². The Morgan fingerprint density at radius 1 is 1.67 bits per heavy atom. The highest BCUT2D eigenvalue weighted by Gasteiger charge is 2.18. The Morgan fingerprint density at radius 2 is 2.42 bits per heavy atom. The fourth-order valence-electron chi connectivity index (χ4n) is 0.906. The van der Waals surface area contributed by atoms with Crippen molar-refractivity contribution < 1.29 is 0 Å². The molecule has 0 saturated heterocycles. The van der Waals surface area contributed by atoms with Crippen LogP contribution in [0.4, 0.5) is 0 Å². The van der Waals surface area contributed by atoms with E-state index >= 15 is 0 Å². The van der Waals surface area contributed by atoms with Crippen LogP contribution in [-0.2, 0) is 0 Å². The molecule has 5 heteroatoms. The lowest BCUT2D eigenvalue weighted by atomic mass is 10.3. The molecule has 0 amide bonds. The average Bonchev–Trinajstić information content (AvgIpc) is 2.04. The van der Waals surface area contributed by atoms with Crippen LogP contribution < -0.4 is 0 Å². The molecular weight excluding hydrogens is 197 g/mol. The maximum atomic E-state index is 5.88. The van der Waals surface area contributed by atoms with Crippen LogP contribution in [0.5, 0.6) is 0 Å². The fourth-order valence-corrected chi connectivity index (χ4v) is 1.42. The molecule has 1 atom stereocenters. The zero-order valence-corrected chi connectivity index (χ0v) is 8.39. The third-order valence-electron chi connectivity index (χ3n) is 1.60. The first kappa shape index (κ1) is 9.81. The number of nitrogens with zero attached hydrogens (tertiary/aromatic N) is 3. The summed E-state index contributed by atoms with van der Waals surface area (Å²) in [5.74, 6) is 0. The molecule has 1 aliphatic rings. The Bertz CT molecular complexity index is 203. The molecule has 1 aliphatic heterocycles. The van der Waals surface area contributed by atoms with Crippen molar-refractivity contribution in [3.8, 4) is 0 Å². The molecule has 0 bridgehead atoms. The van der Waals surface area contributed by atoms with Gasteiger partial charge in [-0.2, -0.15) is 0 Å². The number of unbranched alkanes of at least 4 members (excludes halogenated alkanes) is 1. The standard InChI is InChI=1S/C7H11Cl2N3/c1-2-3-4-12-6(8)10-5-11-7(12)9/h5-6H,2-4H2,1H3. The van der Waals surface area contributed by atoms with E-state index in [2.05, 4.69) is 16.9 Å². The SMILES string of the molecule is CCCCN1C(Cl)=NC=NC1Cl. The lowest BCUT2D eigenvalue weighted by Gasteiger charge is -2.26. The highest BCUT2D eigenvalue weighted by Crippen LogP contribution is 2.14. The molecular formula is C7H11Cl2N3. The van der Waals surface area contributed by atoms with Gasteiger partial charge in [0, 0.05) is 6.54 Å². The van der Waals surface area contributed by atoms with Gasteiger partial charge in [-0.1, -0.05) is 24.9 Å². The Kier molecular flexibility index (Phi) is 3.82. The van der Waals surface area contributed by atoms with E-state index < -0.39 is 0 Å². The first-order chi connectivity index (χ1) is 5.75. The van der Waals surface area contributed by atoms with Crippen molar-refractivity contribution >= 4 is 34.8 Å². The van der Waals surface area contributed by atoms with Gasteiger partial charge >= 0.3 is 0 Å². The zero-order chi connectivity index (χ0) is 8.97. The maximum Gasteiger partial charge on any atom is 0.202 e. The van der Waals surface area contributed by atoms with Gasteiger partial charge in [0.1, 0.15) is 6.34 Å². The Hall–Kier alpha value is -0.280. The summed E-state index contributed by atoms with van der Waals surface area (Å²) in [6.45, 7) is 2.92. The van der Waals surface area contributed by atoms with Gasteiger partial charge in [0.05, 0.1) is 0 Å². The highest BCUT2D eigenvalue weighted by atomic mass is 35.5. The molecule has 0 aliphatic carbocycles. The van der Waals surface area contributed by atoms with Gasteiger partial charge < -0.3 is 4.90 Å². The molecule has 68 valence electrons. The molecule has 3 nitrogen and oxygen atoms in total. The minimum atomic E-state index is -0.387. The minimum absolute atomic E-state index is 0.387. The summed E-state index contributed by atoms with van der Waals surface area (Å²) in [6.07, 6.45) is 3.54. The summed E-state index contributed by atoms with van der Waals surface area (Å²) < 4.78 is 0. The van der Waals surface area contributed by atoms with Crippen molar-refractivity contribution in [1.82, 2.24) is 4.90 Å². The van der Waals surface area contributed by atoms with Crippen molar-refractivity contribution in [3.63, 3.8) is 0 Å². The maximum absolute atomic E-state index is 5.88. The van der Waals surface area contributed by atoms with Gasteiger partial charge in [-0.25, -0.2) is 9.98 Å². The van der Waals surface area contributed by atoms with Gasteiger partial charge in [0.15, 0.2) is 0 Å². The molecule has 12 heavy (non-hydrogen) atoms. The third kappa shape index (κ3) is 2.35. The summed E-state index contributed by atoms with van der Waals surface area (Å²) in [5, 5.41) is 0.429. The van der Waals surface area contributed by atoms with Gasteiger partial charge in [-0.3, -0.25) is 0 Å². The van der Waals surface area contributed by atoms with E-state index in [0.29, 0.717) is 5.29 Å². The topological polar surface area (TPSA) is 28.0 Å². The van der Waals surface area contributed by atoms with Crippen LogP contribution in [-0.4, -0.2) is 28.7 Å². The number of rotatable bonds is 3. The first-order valence-electron chi connectivity index (χ1n) is 3.91. The summed E-state index contributed by atoms with van der Waals surface area (Å²) in [5.41, 5.74) is -0.387. The van der Waals surface area contributed by atoms with Crippen LogP contribution in [0.25, 0.3) is 0 Å². The van der Waals surface area contributed by atoms with Crippen LogP contribution in [0.2, 0.25) is 0 Å². The average molecular weight is 208 g/mol. The van der Waals surface area contributed by atoms with Crippen molar-refractivity contribution in [1.29, 1.82) is 0 Å². The second-order valence-corrected chi connectivity index (χ2v) is 3.25. The van der Waals surface area contributed by atoms with E-state index in [4.69, 9.17) is 23.2 Å². The van der Waals surface area contributed by atoms with Gasteiger partial charge in [0.25, 0.3) is 0 Å². The van der Waals surface area contributed by atoms with Gasteiger partial charge in [-0.05, 0) is 18.0 Å². The monoisotopic (exact) mass is 207 g/mol. The van der Waals surface area contributed by atoms with E-state index in [1.165, 1.54) is 6.34 Å². The molecule has 0 radical (unpaired) electrons. The van der Waals surface area contributed by atoms with E-state index in [1.807, 2.05) is 0 Å². The fraction of sp³-hybridized carbons (Fsp3) is 0.714. The largest absolute Gasteiger partial charge is 0.312 e. The molecule has 0 aromatic rings. The molecule has 1 unspecified atom stereocenters. The third-order valence-corrected chi connectivity index (χ3v) is 2.26. The molecule has 0 N–H and O–H groups in total. The highest BCUT2D eigenvalue weighted by molar-refractivity contribution is 6.65. The van der Waals surface area contributed by atoms with Crippen LogP contribution >= 0.6 is 23.2 Å². The van der Waals surface area contributed by atoms with Gasteiger partial charge in [0.2, 0.25) is 10.9 Å². The van der Waals surface area contributed by atoms with Gasteiger partial charge in [-0.15, -0.1) is 0 Å². The number of aliphatic imine (C=N–C) groups is 2. The smallest absolute Gasteiger partial charge is 0.202 e. The molecule has 1 heterocycles. The Labute approximate surface area is 82.1 Å². The Balaban J connectivity index is 2.50. The second kappa shape index (κ2) is 4.67. The summed E-state index contributed by atoms with van der Waals surface area (Å²) in [6, 6.07) is 0. The van der Waals surface area contributed by atoms with E-state index in [-0.39, 0.29) is 5.62 Å². The number of hydrogen-bond donors (Lipinski definition) is 0. The molecule has 1 rings (SSSR count). The summed E-state index contributed by atoms with van der Waals surface area (Å²) >= 11 is 11.7. The normalized spacial score (nSPS) is 22.8. The second-order valence-electron chi connectivity index (χ2n) is 2.52. The van der Waals surface area contributed by atoms with Crippen LogP contribution in [0, 0.1) is 0 Å². The quantitative estimate of drug-likeness (QED) is 0.516. The van der Waals surface area contributed by atoms with Crippen molar-refractivity contribution in [2.24, 2.45) is 9.98 Å². The molecule has 0 saturated carbocycles. The lowest BCUT2D eigenvalue weighted by molar-refractivity contribution is 0.391. The summed E-state index contributed by atoms with van der Waals surface area (Å²) in [4.78, 5) is 9.53. The van der Waals surface area contributed by atoms with E-state index in [1.54, 1.807) is 4.90 Å². The van der Waals surface area contributed by atoms with E-state index in [0.717, 1.165) is 19.4 Å². The van der Waals surface area contributed by atoms with Crippen LogP contribution in [0.15, 0.2) is 9.98 Å². The number of hydrogen-bond acceptors (Lipinski definition) is 3. The van der Waals surface area contributed by atoms with Crippen molar-refractivity contribution in [2.45, 2.75) is 25.4 Å². The zero-order valence-electron chi connectivity index (χ0n) is 6.87. The molecule has 0 aromatic heterocycles. The van der Waals surface area contributed by atoms with Crippen molar-refractivity contribution in [2.75, 3.05) is 6.54 Å². The molecule has 0 spiro atoms. The number of alkyl halides is 1. The lowest BCUT2D eigenvalue weighted by Crippen LogP contribution is -2.36. The summed E-state index contributed by atoms with van der Waals surface area (Å²) in [7, 11) is 0. The first-order valence-corrected chi connectivity index (χ1v) is 4.72. The predicted molar refractivity (Wildman–Crippen MR) is 53.0 cm³/mol. The van der Waals surface area contributed by atoms with Crippen molar-refractivity contribution in [3.05, 3.63) is 0 Å². The van der Waals surface area contributed by atoms with E-state index in [9.17, 15) is 0 Å². The Morgan fingerprint density at radius 3 is 3.00 bits per heavy atom. The molecule has 0 aromatic carbocycles. The number of halogens is 2. The number of amidine groups is 1. The molecule has 0 fully saturated rings.